The lowest BCUT2D eigenvalue weighted by Crippen LogP contribution is -2.62. The number of amides is 1. The summed E-state index contributed by atoms with van der Waals surface area (Å²) in [5, 5.41) is 8.67. The number of hydrogen-bond donors (Lipinski definition) is 2. The summed E-state index contributed by atoms with van der Waals surface area (Å²) in [6.07, 6.45) is 1.90. The molecule has 19 heavy (non-hydrogen) atoms. The van der Waals surface area contributed by atoms with Gasteiger partial charge in [-0.25, -0.2) is 0 Å². The molecule has 1 aromatic heterocycles. The van der Waals surface area contributed by atoms with Crippen LogP contribution in [0.25, 0.3) is 0 Å². The molecule has 0 radical (unpaired) electrons. The third-order valence-corrected chi connectivity index (χ3v) is 4.86. The third kappa shape index (κ3) is 4.04. The summed E-state index contributed by atoms with van der Waals surface area (Å²) >= 11 is 4.93. The number of carbonyl (C=O) groups is 1. The van der Waals surface area contributed by atoms with E-state index in [2.05, 4.69) is 54.3 Å². The summed E-state index contributed by atoms with van der Waals surface area (Å²) in [5.41, 5.74) is 0.843. The van der Waals surface area contributed by atoms with E-state index in [9.17, 15) is 4.79 Å². The average Bonchev–Trinajstić information content (AvgIpc) is 2.59. The highest BCUT2D eigenvalue weighted by molar-refractivity contribution is 9.11. The van der Waals surface area contributed by atoms with Crippen LogP contribution in [0.5, 0.6) is 0 Å². The summed E-state index contributed by atoms with van der Waals surface area (Å²) in [6, 6.07) is 2.09. The standard InChI is InChI=1S/C14H21BrN2OS/c1-13(2)6-10(7-14(3,4)17-13)16-12(18)9-5-11(15)19-8-9/h5,8,10,17H,6-7H2,1-4H3,(H,16,18). The molecule has 0 bridgehead atoms. The van der Waals surface area contributed by atoms with Crippen molar-refractivity contribution in [1.29, 1.82) is 0 Å². The SMILES string of the molecule is CC1(C)CC(NC(=O)c2csc(Br)c2)CC(C)(C)N1. The Kier molecular flexibility index (Phi) is 4.10. The van der Waals surface area contributed by atoms with Crippen molar-refractivity contribution in [3.63, 3.8) is 0 Å². The monoisotopic (exact) mass is 344 g/mol. The Morgan fingerprint density at radius 2 is 1.95 bits per heavy atom. The van der Waals surface area contributed by atoms with Crippen LogP contribution in [0.3, 0.4) is 0 Å². The van der Waals surface area contributed by atoms with Gasteiger partial charge in [0.25, 0.3) is 5.91 Å². The molecule has 1 fully saturated rings. The molecule has 0 unspecified atom stereocenters. The van der Waals surface area contributed by atoms with Crippen molar-refractivity contribution in [2.75, 3.05) is 0 Å². The van der Waals surface area contributed by atoms with Crippen LogP contribution in [-0.2, 0) is 0 Å². The first-order chi connectivity index (χ1) is 8.67. The van der Waals surface area contributed by atoms with E-state index in [1.807, 2.05) is 11.4 Å². The van der Waals surface area contributed by atoms with Crippen molar-refractivity contribution in [3.05, 3.63) is 20.8 Å². The molecule has 0 spiro atoms. The van der Waals surface area contributed by atoms with Crippen LogP contribution in [-0.4, -0.2) is 23.0 Å². The Balaban J connectivity index is 2.04. The van der Waals surface area contributed by atoms with E-state index in [1.54, 1.807) is 0 Å². The van der Waals surface area contributed by atoms with Gasteiger partial charge in [-0.05, 0) is 62.5 Å². The molecular formula is C14H21BrN2OS. The second kappa shape index (κ2) is 5.19. The number of hydrogen-bond acceptors (Lipinski definition) is 3. The summed E-state index contributed by atoms with van der Waals surface area (Å²) in [6.45, 7) is 8.75. The molecule has 1 aliphatic heterocycles. The number of thiophene rings is 1. The highest BCUT2D eigenvalue weighted by atomic mass is 79.9. The zero-order valence-corrected chi connectivity index (χ0v) is 14.2. The van der Waals surface area contributed by atoms with Gasteiger partial charge in [0, 0.05) is 22.5 Å². The van der Waals surface area contributed by atoms with Crippen molar-refractivity contribution in [2.45, 2.75) is 57.7 Å². The van der Waals surface area contributed by atoms with Crippen molar-refractivity contribution in [3.8, 4) is 0 Å². The Labute approximate surface area is 127 Å². The predicted molar refractivity (Wildman–Crippen MR) is 83.8 cm³/mol. The maximum atomic E-state index is 12.2. The van der Waals surface area contributed by atoms with E-state index in [0.29, 0.717) is 0 Å². The van der Waals surface area contributed by atoms with Crippen molar-refractivity contribution in [1.82, 2.24) is 10.6 Å². The minimum Gasteiger partial charge on any atom is -0.349 e. The molecule has 2 N–H and O–H groups in total. The Hall–Kier alpha value is -0.390. The molecule has 0 atom stereocenters. The van der Waals surface area contributed by atoms with E-state index in [0.717, 1.165) is 22.2 Å². The van der Waals surface area contributed by atoms with Crippen LogP contribution in [0, 0.1) is 0 Å². The average molecular weight is 345 g/mol. The maximum Gasteiger partial charge on any atom is 0.252 e. The lowest BCUT2D eigenvalue weighted by molar-refractivity contribution is 0.0873. The summed E-state index contributed by atoms with van der Waals surface area (Å²) in [5.74, 6) is 0.0282. The molecule has 2 heterocycles. The van der Waals surface area contributed by atoms with Crippen LogP contribution in [0.2, 0.25) is 0 Å². The zero-order valence-electron chi connectivity index (χ0n) is 11.8. The summed E-state index contributed by atoms with van der Waals surface area (Å²) in [7, 11) is 0. The van der Waals surface area contributed by atoms with E-state index >= 15 is 0 Å². The molecule has 1 amide bonds. The van der Waals surface area contributed by atoms with Crippen molar-refractivity contribution in [2.24, 2.45) is 0 Å². The third-order valence-electron chi connectivity index (χ3n) is 3.36. The molecule has 0 aromatic carbocycles. The van der Waals surface area contributed by atoms with Gasteiger partial charge in [0.2, 0.25) is 0 Å². The van der Waals surface area contributed by atoms with Crippen molar-refractivity contribution >= 4 is 33.2 Å². The normalized spacial score (nSPS) is 22.2. The highest BCUT2D eigenvalue weighted by Crippen LogP contribution is 2.29. The first-order valence-corrected chi connectivity index (χ1v) is 8.18. The van der Waals surface area contributed by atoms with E-state index < -0.39 is 0 Å². The minimum atomic E-state index is 0.0282. The number of nitrogens with one attached hydrogen (secondary N) is 2. The van der Waals surface area contributed by atoms with E-state index in [4.69, 9.17) is 0 Å². The number of piperidine rings is 1. The predicted octanol–water partition coefficient (Wildman–Crippen LogP) is 3.55. The Bertz CT molecular complexity index is 466. The molecule has 5 heteroatoms. The van der Waals surface area contributed by atoms with Gasteiger partial charge in [-0.1, -0.05) is 0 Å². The van der Waals surface area contributed by atoms with E-state index in [1.165, 1.54) is 11.3 Å². The molecule has 2 rings (SSSR count). The van der Waals surface area contributed by atoms with Gasteiger partial charge in [-0.15, -0.1) is 11.3 Å². The number of carbonyl (C=O) groups excluding carboxylic acids is 1. The second-order valence-corrected chi connectivity index (χ2v) is 8.90. The molecule has 106 valence electrons. The van der Waals surface area contributed by atoms with Gasteiger partial charge < -0.3 is 10.6 Å². The fourth-order valence-electron chi connectivity index (χ4n) is 3.12. The molecular weight excluding hydrogens is 324 g/mol. The van der Waals surface area contributed by atoms with Crippen LogP contribution < -0.4 is 10.6 Å². The van der Waals surface area contributed by atoms with Gasteiger partial charge >= 0.3 is 0 Å². The maximum absolute atomic E-state index is 12.2. The van der Waals surface area contributed by atoms with Crippen LogP contribution >= 0.6 is 27.3 Å². The zero-order chi connectivity index (χ0) is 14.3. The van der Waals surface area contributed by atoms with E-state index in [-0.39, 0.29) is 23.0 Å². The quantitative estimate of drug-likeness (QED) is 0.861. The van der Waals surface area contributed by atoms with Crippen molar-refractivity contribution < 1.29 is 4.79 Å². The van der Waals surface area contributed by atoms with Crippen LogP contribution in [0.4, 0.5) is 0 Å². The molecule has 0 saturated carbocycles. The van der Waals surface area contributed by atoms with Gasteiger partial charge in [0.05, 0.1) is 9.35 Å². The van der Waals surface area contributed by atoms with Gasteiger partial charge in [0.15, 0.2) is 0 Å². The number of halogens is 1. The summed E-state index contributed by atoms with van der Waals surface area (Å²) in [4.78, 5) is 12.2. The lowest BCUT2D eigenvalue weighted by Gasteiger charge is -2.46. The largest absolute Gasteiger partial charge is 0.349 e. The van der Waals surface area contributed by atoms with Crippen LogP contribution in [0.15, 0.2) is 15.2 Å². The molecule has 1 aromatic rings. The Morgan fingerprint density at radius 1 is 1.37 bits per heavy atom. The first kappa shape index (κ1) is 15.0. The first-order valence-electron chi connectivity index (χ1n) is 6.51. The highest BCUT2D eigenvalue weighted by Gasteiger charge is 2.38. The van der Waals surface area contributed by atoms with Gasteiger partial charge in [-0.2, -0.15) is 0 Å². The topological polar surface area (TPSA) is 41.1 Å². The lowest BCUT2D eigenvalue weighted by atomic mass is 9.79. The second-order valence-electron chi connectivity index (χ2n) is 6.61. The fraction of sp³-hybridized carbons (Fsp3) is 0.643. The molecule has 1 saturated heterocycles. The smallest absolute Gasteiger partial charge is 0.252 e. The van der Waals surface area contributed by atoms with Gasteiger partial charge in [-0.3, -0.25) is 4.79 Å². The van der Waals surface area contributed by atoms with Crippen LogP contribution in [0.1, 0.15) is 50.9 Å². The van der Waals surface area contributed by atoms with Gasteiger partial charge in [0.1, 0.15) is 0 Å². The summed E-state index contributed by atoms with van der Waals surface area (Å²) < 4.78 is 0.989. The molecule has 3 nitrogen and oxygen atoms in total. The minimum absolute atomic E-state index is 0.0282. The Morgan fingerprint density at radius 3 is 2.42 bits per heavy atom. The number of rotatable bonds is 2. The fourth-order valence-corrected chi connectivity index (χ4v) is 4.26. The molecule has 0 aliphatic carbocycles. The molecule has 1 aliphatic rings.